The minimum Gasteiger partial charge on any atom is -0.397 e. The van der Waals surface area contributed by atoms with Gasteiger partial charge in [-0.3, -0.25) is 0 Å². The van der Waals surface area contributed by atoms with Crippen LogP contribution in [-0.2, 0) is 4.74 Å². The van der Waals surface area contributed by atoms with Crippen LogP contribution in [0.15, 0.2) is 12.1 Å². The fourth-order valence-electron chi connectivity index (χ4n) is 1.96. The molecule has 0 unspecified atom stereocenters. The molecular weight excluding hydrogens is 334 g/mol. The third kappa shape index (κ3) is 3.01. The molecule has 0 amide bonds. The molecule has 0 atom stereocenters. The summed E-state index contributed by atoms with van der Waals surface area (Å²) >= 11 is 1.94. The summed E-state index contributed by atoms with van der Waals surface area (Å²) in [4.78, 5) is 0. The molecule has 0 aliphatic heterocycles. The third-order valence-electron chi connectivity index (χ3n) is 2.95. The maximum atomic E-state index is 13.4. The Bertz CT molecular complexity index is 408. The van der Waals surface area contributed by atoms with Gasteiger partial charge in [0.05, 0.1) is 21.0 Å². The van der Waals surface area contributed by atoms with E-state index in [1.807, 2.05) is 29.5 Å². The summed E-state index contributed by atoms with van der Waals surface area (Å²) < 4.78 is 19.4. The monoisotopic (exact) mass is 350 g/mol. The molecule has 0 bridgehead atoms. The summed E-state index contributed by atoms with van der Waals surface area (Å²) in [6.45, 7) is 2.74. The zero-order valence-electron chi connectivity index (χ0n) is 9.67. The van der Waals surface area contributed by atoms with Crippen molar-refractivity contribution in [2.24, 2.45) is 0 Å². The van der Waals surface area contributed by atoms with E-state index in [2.05, 4.69) is 5.32 Å². The Kier molecular flexibility index (Phi) is 4.09. The van der Waals surface area contributed by atoms with Crippen LogP contribution in [-0.4, -0.2) is 18.8 Å². The first-order valence-corrected chi connectivity index (χ1v) is 6.80. The summed E-state index contributed by atoms with van der Waals surface area (Å²) in [5.41, 5.74) is 7.12. The predicted molar refractivity (Wildman–Crippen MR) is 75.6 cm³/mol. The highest BCUT2D eigenvalue weighted by Gasteiger charge is 2.29. The van der Waals surface area contributed by atoms with E-state index in [0.717, 1.165) is 19.4 Å². The Balaban J connectivity index is 1.94. The zero-order valence-corrected chi connectivity index (χ0v) is 11.8. The van der Waals surface area contributed by atoms with Gasteiger partial charge < -0.3 is 15.8 Å². The number of rotatable bonds is 4. The summed E-state index contributed by atoms with van der Waals surface area (Å²) in [6, 6.07) is 3.45. The Hall–Kier alpha value is -0.560. The minimum absolute atomic E-state index is 0.233. The van der Waals surface area contributed by atoms with Gasteiger partial charge in [-0.15, -0.1) is 0 Å². The number of nitrogen functional groups attached to an aromatic ring is 1. The van der Waals surface area contributed by atoms with Gasteiger partial charge >= 0.3 is 0 Å². The Labute approximate surface area is 114 Å². The number of halogens is 2. The van der Waals surface area contributed by atoms with Crippen molar-refractivity contribution in [1.82, 2.24) is 0 Å². The van der Waals surface area contributed by atoms with Crippen molar-refractivity contribution in [1.29, 1.82) is 0 Å². The lowest BCUT2D eigenvalue weighted by Gasteiger charge is -2.36. The molecule has 0 radical (unpaired) electrons. The molecule has 0 aromatic heterocycles. The van der Waals surface area contributed by atoms with Crippen molar-refractivity contribution in [3.05, 3.63) is 21.5 Å². The van der Waals surface area contributed by atoms with Crippen molar-refractivity contribution in [2.45, 2.75) is 31.9 Å². The van der Waals surface area contributed by atoms with Crippen LogP contribution in [0.5, 0.6) is 0 Å². The van der Waals surface area contributed by atoms with E-state index >= 15 is 0 Å². The normalized spacial score (nSPS) is 23.2. The van der Waals surface area contributed by atoms with Crippen LogP contribution >= 0.6 is 22.6 Å². The number of benzene rings is 1. The highest BCUT2D eigenvalue weighted by Crippen LogP contribution is 2.30. The highest BCUT2D eigenvalue weighted by molar-refractivity contribution is 14.1. The molecule has 1 aliphatic carbocycles. The van der Waals surface area contributed by atoms with Gasteiger partial charge in [0.25, 0.3) is 0 Å². The average molecular weight is 350 g/mol. The van der Waals surface area contributed by atoms with Crippen molar-refractivity contribution >= 4 is 34.0 Å². The first-order valence-electron chi connectivity index (χ1n) is 5.72. The summed E-state index contributed by atoms with van der Waals surface area (Å²) in [7, 11) is 0. The quantitative estimate of drug-likeness (QED) is 0.648. The third-order valence-corrected chi connectivity index (χ3v) is 3.78. The topological polar surface area (TPSA) is 47.3 Å². The molecular formula is C12H16FIN2O. The van der Waals surface area contributed by atoms with Gasteiger partial charge in [0.2, 0.25) is 0 Å². The Morgan fingerprint density at radius 2 is 2.24 bits per heavy atom. The number of nitrogens with two attached hydrogens (primary N) is 1. The van der Waals surface area contributed by atoms with Crippen LogP contribution in [0.1, 0.15) is 19.8 Å². The second-order valence-corrected chi connectivity index (χ2v) is 5.41. The Morgan fingerprint density at radius 1 is 1.53 bits per heavy atom. The van der Waals surface area contributed by atoms with E-state index in [9.17, 15) is 4.39 Å². The van der Waals surface area contributed by atoms with Crippen molar-refractivity contribution in [2.75, 3.05) is 17.7 Å². The van der Waals surface area contributed by atoms with Gasteiger partial charge in [0.15, 0.2) is 0 Å². The molecule has 0 spiro atoms. The number of nitrogens with one attached hydrogen (secondary N) is 1. The van der Waals surface area contributed by atoms with E-state index in [1.54, 1.807) is 6.07 Å². The SMILES string of the molecule is CCOC1CC(Nc2cc(F)c(I)cc2N)C1. The standard InChI is InChI=1S/C12H16FIN2O/c1-2-17-8-3-7(4-8)16-12-5-9(13)10(14)6-11(12)15/h5-8,16H,2-4,15H2,1H3. The fraction of sp³-hybridized carbons (Fsp3) is 0.500. The molecule has 1 aliphatic rings. The van der Waals surface area contributed by atoms with Gasteiger partial charge in [0, 0.05) is 18.7 Å². The van der Waals surface area contributed by atoms with Crippen molar-refractivity contribution < 1.29 is 9.13 Å². The Morgan fingerprint density at radius 3 is 2.88 bits per heavy atom. The first kappa shape index (κ1) is 12.9. The van der Waals surface area contributed by atoms with Crippen LogP contribution < -0.4 is 11.1 Å². The number of ether oxygens (including phenoxy) is 1. The molecule has 0 heterocycles. The predicted octanol–water partition coefficient (Wildman–Crippen LogP) is 2.99. The van der Waals surface area contributed by atoms with E-state index in [4.69, 9.17) is 10.5 Å². The molecule has 5 heteroatoms. The minimum atomic E-state index is -0.233. The largest absolute Gasteiger partial charge is 0.397 e. The molecule has 94 valence electrons. The second kappa shape index (κ2) is 5.39. The summed E-state index contributed by atoms with van der Waals surface area (Å²) in [6.07, 6.45) is 2.26. The van der Waals surface area contributed by atoms with Crippen LogP contribution in [0, 0.1) is 9.39 Å². The van der Waals surface area contributed by atoms with Crippen LogP contribution in [0.2, 0.25) is 0 Å². The zero-order chi connectivity index (χ0) is 12.4. The van der Waals surface area contributed by atoms with E-state index in [-0.39, 0.29) is 5.82 Å². The molecule has 0 saturated heterocycles. The molecule has 3 nitrogen and oxygen atoms in total. The van der Waals surface area contributed by atoms with Gasteiger partial charge in [-0.2, -0.15) is 0 Å². The molecule has 3 N–H and O–H groups in total. The lowest BCUT2D eigenvalue weighted by molar-refractivity contribution is 0.00300. The van der Waals surface area contributed by atoms with E-state index in [0.29, 0.717) is 27.1 Å². The van der Waals surface area contributed by atoms with Crippen LogP contribution in [0.3, 0.4) is 0 Å². The lowest BCUT2D eigenvalue weighted by atomic mass is 9.89. The first-order chi connectivity index (χ1) is 8.10. The number of anilines is 2. The van der Waals surface area contributed by atoms with Gasteiger partial charge in [-0.1, -0.05) is 0 Å². The molecule has 1 aromatic rings. The number of hydrogen-bond acceptors (Lipinski definition) is 3. The molecule has 2 rings (SSSR count). The molecule has 1 fully saturated rings. The fourth-order valence-corrected chi connectivity index (χ4v) is 2.45. The summed E-state index contributed by atoms with van der Waals surface area (Å²) in [5, 5.41) is 3.25. The van der Waals surface area contributed by atoms with E-state index < -0.39 is 0 Å². The van der Waals surface area contributed by atoms with Crippen LogP contribution in [0.4, 0.5) is 15.8 Å². The summed E-state index contributed by atoms with van der Waals surface area (Å²) in [5.74, 6) is -0.233. The van der Waals surface area contributed by atoms with Crippen LogP contribution in [0.25, 0.3) is 0 Å². The lowest BCUT2D eigenvalue weighted by Crippen LogP contribution is -2.41. The smallest absolute Gasteiger partial charge is 0.138 e. The van der Waals surface area contributed by atoms with Gasteiger partial charge in [0.1, 0.15) is 5.82 Å². The maximum absolute atomic E-state index is 13.4. The van der Waals surface area contributed by atoms with E-state index in [1.165, 1.54) is 6.07 Å². The average Bonchev–Trinajstić information content (AvgIpc) is 2.22. The van der Waals surface area contributed by atoms with Crippen molar-refractivity contribution in [3.63, 3.8) is 0 Å². The maximum Gasteiger partial charge on any atom is 0.138 e. The second-order valence-electron chi connectivity index (χ2n) is 4.24. The van der Waals surface area contributed by atoms with Crippen molar-refractivity contribution in [3.8, 4) is 0 Å². The van der Waals surface area contributed by atoms with Gasteiger partial charge in [-0.25, -0.2) is 4.39 Å². The molecule has 1 aromatic carbocycles. The number of hydrogen-bond donors (Lipinski definition) is 2. The highest BCUT2D eigenvalue weighted by atomic mass is 127. The van der Waals surface area contributed by atoms with Gasteiger partial charge in [-0.05, 0) is 48.4 Å². The molecule has 1 saturated carbocycles. The molecule has 17 heavy (non-hydrogen) atoms.